The Morgan fingerprint density at radius 1 is 1.12 bits per heavy atom. The Bertz CT molecular complexity index is 1010. The molecule has 1 N–H and O–H groups in total. The summed E-state index contributed by atoms with van der Waals surface area (Å²) in [4.78, 5) is 27.1. The molecule has 3 aromatic rings. The third kappa shape index (κ3) is 3.18. The molecule has 0 aromatic heterocycles. The van der Waals surface area contributed by atoms with Crippen molar-refractivity contribution in [3.8, 4) is 0 Å². The van der Waals surface area contributed by atoms with E-state index in [9.17, 15) is 9.59 Å². The molecule has 0 spiro atoms. The zero-order valence-corrected chi connectivity index (χ0v) is 15.2. The number of anilines is 1. The fourth-order valence-corrected chi connectivity index (χ4v) is 3.98. The average molecular weight is 362 g/mol. The van der Waals surface area contributed by atoms with E-state index in [0.29, 0.717) is 17.9 Å². The van der Waals surface area contributed by atoms with Crippen molar-refractivity contribution >= 4 is 40.0 Å². The van der Waals surface area contributed by atoms with Crippen molar-refractivity contribution in [2.75, 3.05) is 18.1 Å². The molecule has 1 heterocycles. The number of nitrogens with one attached hydrogen (secondary N) is 1. The maximum absolute atomic E-state index is 12.9. The second-order valence-corrected chi connectivity index (χ2v) is 7.36. The van der Waals surface area contributed by atoms with Crippen molar-refractivity contribution in [3.05, 3.63) is 71.8 Å². The number of carbonyl (C=O) groups is 2. The summed E-state index contributed by atoms with van der Waals surface area (Å²) < 4.78 is 0. The molecule has 0 atom stereocenters. The lowest BCUT2D eigenvalue weighted by Crippen LogP contribution is -2.27. The first-order valence-corrected chi connectivity index (χ1v) is 9.39. The van der Waals surface area contributed by atoms with Crippen molar-refractivity contribution in [2.24, 2.45) is 0 Å². The van der Waals surface area contributed by atoms with Gasteiger partial charge in [-0.3, -0.25) is 9.59 Å². The fourth-order valence-electron chi connectivity index (χ4n) is 3.19. The first kappa shape index (κ1) is 16.7. The van der Waals surface area contributed by atoms with Gasteiger partial charge < -0.3 is 10.2 Å². The third-order valence-electron chi connectivity index (χ3n) is 4.49. The highest BCUT2D eigenvalue weighted by atomic mass is 32.2. The Morgan fingerprint density at radius 2 is 1.92 bits per heavy atom. The van der Waals surface area contributed by atoms with Crippen LogP contribution in [0.3, 0.4) is 0 Å². The van der Waals surface area contributed by atoms with Crippen molar-refractivity contribution in [2.45, 2.75) is 11.4 Å². The first-order valence-electron chi connectivity index (χ1n) is 8.40. The minimum Gasteiger partial charge on any atom is -0.337 e. The molecule has 0 unspecified atom stereocenters. The molecule has 5 heteroatoms. The van der Waals surface area contributed by atoms with E-state index in [4.69, 9.17) is 0 Å². The topological polar surface area (TPSA) is 49.4 Å². The van der Waals surface area contributed by atoms with Crippen LogP contribution >= 0.6 is 11.8 Å². The molecule has 26 heavy (non-hydrogen) atoms. The molecule has 2 amide bonds. The van der Waals surface area contributed by atoms with E-state index in [1.807, 2.05) is 30.3 Å². The fraction of sp³-hybridized carbons (Fsp3) is 0.143. The molecule has 4 nitrogen and oxygen atoms in total. The van der Waals surface area contributed by atoms with Crippen LogP contribution in [0.2, 0.25) is 0 Å². The van der Waals surface area contributed by atoms with Crippen LogP contribution in [0.1, 0.15) is 15.9 Å². The molecular formula is C21H18N2O2S. The highest BCUT2D eigenvalue weighted by molar-refractivity contribution is 8.00. The molecule has 4 rings (SSSR count). The monoisotopic (exact) mass is 362 g/mol. The number of hydrogen-bond acceptors (Lipinski definition) is 3. The van der Waals surface area contributed by atoms with Crippen LogP contribution in [0, 0.1) is 0 Å². The molecule has 1 aliphatic rings. The number of carbonyl (C=O) groups excluding carboxylic acids is 2. The lowest BCUT2D eigenvalue weighted by molar-refractivity contribution is -0.113. The first-order chi connectivity index (χ1) is 12.6. The Kier molecular flexibility index (Phi) is 4.39. The zero-order valence-electron chi connectivity index (χ0n) is 14.4. The molecular weight excluding hydrogens is 344 g/mol. The van der Waals surface area contributed by atoms with Crippen molar-refractivity contribution in [1.29, 1.82) is 0 Å². The molecule has 0 fully saturated rings. The molecule has 0 saturated heterocycles. The lowest BCUT2D eigenvalue weighted by Gasteiger charge is -2.21. The van der Waals surface area contributed by atoms with E-state index in [2.05, 4.69) is 29.6 Å². The average Bonchev–Trinajstić information content (AvgIpc) is 2.67. The second-order valence-electron chi connectivity index (χ2n) is 6.35. The largest absolute Gasteiger partial charge is 0.337 e. The lowest BCUT2D eigenvalue weighted by atomic mass is 10.0. The summed E-state index contributed by atoms with van der Waals surface area (Å²) in [6, 6.07) is 19.8. The van der Waals surface area contributed by atoms with Crippen molar-refractivity contribution < 1.29 is 9.59 Å². The van der Waals surface area contributed by atoms with Gasteiger partial charge in [0.25, 0.3) is 5.91 Å². The van der Waals surface area contributed by atoms with Crippen molar-refractivity contribution in [3.63, 3.8) is 0 Å². The second kappa shape index (κ2) is 6.84. The van der Waals surface area contributed by atoms with E-state index in [1.165, 1.54) is 17.1 Å². The van der Waals surface area contributed by atoms with Crippen LogP contribution in [-0.4, -0.2) is 29.5 Å². The van der Waals surface area contributed by atoms with Crippen LogP contribution in [0.4, 0.5) is 5.69 Å². The molecule has 0 radical (unpaired) electrons. The van der Waals surface area contributed by atoms with Gasteiger partial charge in [-0.2, -0.15) is 0 Å². The highest BCUT2D eigenvalue weighted by Gasteiger charge is 2.19. The zero-order chi connectivity index (χ0) is 18.1. The summed E-state index contributed by atoms with van der Waals surface area (Å²) in [5.41, 5.74) is 2.41. The van der Waals surface area contributed by atoms with Crippen LogP contribution < -0.4 is 5.32 Å². The van der Waals surface area contributed by atoms with E-state index in [-0.39, 0.29) is 11.8 Å². The van der Waals surface area contributed by atoms with E-state index < -0.39 is 0 Å². The normalized spacial score (nSPS) is 13.2. The summed E-state index contributed by atoms with van der Waals surface area (Å²) in [6.45, 7) is 0.526. The van der Waals surface area contributed by atoms with E-state index in [1.54, 1.807) is 18.0 Å². The smallest absolute Gasteiger partial charge is 0.253 e. The molecule has 3 aromatic carbocycles. The third-order valence-corrected chi connectivity index (χ3v) is 5.57. The number of benzene rings is 3. The summed E-state index contributed by atoms with van der Waals surface area (Å²) in [5, 5.41) is 5.16. The number of fused-ring (bicyclic) bond motifs is 2. The van der Waals surface area contributed by atoms with Gasteiger partial charge in [0.15, 0.2) is 0 Å². The number of rotatable bonds is 3. The van der Waals surface area contributed by atoms with Gasteiger partial charge in [0.05, 0.1) is 11.4 Å². The number of hydrogen-bond donors (Lipinski definition) is 1. The maximum atomic E-state index is 12.9. The Hall–Kier alpha value is -2.79. The van der Waals surface area contributed by atoms with Crippen molar-refractivity contribution in [1.82, 2.24) is 4.90 Å². The minimum atomic E-state index is -0.0643. The van der Waals surface area contributed by atoms with Crippen LogP contribution in [-0.2, 0) is 11.3 Å². The molecule has 1 aliphatic heterocycles. The summed E-state index contributed by atoms with van der Waals surface area (Å²) in [5.74, 6) is 0.322. The van der Waals surface area contributed by atoms with Gasteiger partial charge >= 0.3 is 0 Å². The quantitative estimate of drug-likeness (QED) is 0.761. The van der Waals surface area contributed by atoms with Gasteiger partial charge in [-0.25, -0.2) is 0 Å². The Labute approximate surface area is 156 Å². The Balaban J connectivity index is 1.58. The molecule has 0 aliphatic carbocycles. The number of thioether (sulfide) groups is 1. The number of nitrogens with zero attached hydrogens (tertiary/aromatic N) is 1. The van der Waals surface area contributed by atoms with Gasteiger partial charge in [0, 0.05) is 24.1 Å². The summed E-state index contributed by atoms with van der Waals surface area (Å²) >= 11 is 1.49. The molecule has 0 bridgehead atoms. The SMILES string of the molecule is CN(Cc1cccc2ccccc12)C(=O)c1ccc2c(c1)NC(=O)CS2. The van der Waals surface area contributed by atoms with Gasteiger partial charge in [0.2, 0.25) is 5.91 Å². The van der Waals surface area contributed by atoms with Gasteiger partial charge in [0.1, 0.15) is 0 Å². The molecule has 130 valence electrons. The van der Waals surface area contributed by atoms with Crippen LogP contribution in [0.5, 0.6) is 0 Å². The predicted octanol–water partition coefficient (Wildman–Crippen LogP) is 4.16. The summed E-state index contributed by atoms with van der Waals surface area (Å²) in [7, 11) is 1.80. The Morgan fingerprint density at radius 3 is 2.81 bits per heavy atom. The standard InChI is InChI=1S/C21H18N2O2S/c1-23(12-16-7-4-6-14-5-2-3-8-17(14)16)21(25)15-9-10-19-18(11-15)22-20(24)13-26-19/h2-11H,12-13H2,1H3,(H,22,24). The van der Waals surface area contributed by atoms with Crippen LogP contribution in [0.15, 0.2) is 65.6 Å². The van der Waals surface area contributed by atoms with E-state index in [0.717, 1.165) is 21.5 Å². The maximum Gasteiger partial charge on any atom is 0.253 e. The van der Waals surface area contributed by atoms with Crippen LogP contribution in [0.25, 0.3) is 10.8 Å². The van der Waals surface area contributed by atoms with Gasteiger partial charge in [-0.1, -0.05) is 42.5 Å². The predicted molar refractivity (Wildman–Crippen MR) is 106 cm³/mol. The molecule has 0 saturated carbocycles. The minimum absolute atomic E-state index is 0.0313. The van der Waals surface area contributed by atoms with Gasteiger partial charge in [-0.05, 0) is 34.5 Å². The number of amides is 2. The highest BCUT2D eigenvalue weighted by Crippen LogP contribution is 2.32. The van der Waals surface area contributed by atoms with Gasteiger partial charge in [-0.15, -0.1) is 11.8 Å². The van der Waals surface area contributed by atoms with E-state index >= 15 is 0 Å². The summed E-state index contributed by atoms with van der Waals surface area (Å²) in [6.07, 6.45) is 0.